The maximum atomic E-state index is 14.0. The number of anilines is 1. The SMILES string of the molecule is COC(=O)c1ccc(NC2CCCC2OC)c(F)c1F. The van der Waals surface area contributed by atoms with Gasteiger partial charge in [0.1, 0.15) is 0 Å². The Hall–Kier alpha value is -1.69. The van der Waals surface area contributed by atoms with Crippen LogP contribution in [-0.2, 0) is 9.47 Å². The van der Waals surface area contributed by atoms with Crippen LogP contribution in [0.2, 0.25) is 0 Å². The van der Waals surface area contributed by atoms with Gasteiger partial charge in [-0.1, -0.05) is 0 Å². The molecule has 0 saturated heterocycles. The molecule has 0 aliphatic heterocycles. The highest BCUT2D eigenvalue weighted by molar-refractivity contribution is 5.90. The number of hydrogen-bond donors (Lipinski definition) is 1. The second-order valence-corrected chi connectivity index (χ2v) is 4.74. The van der Waals surface area contributed by atoms with Crippen molar-refractivity contribution < 1.29 is 23.0 Å². The van der Waals surface area contributed by atoms with Crippen LogP contribution in [0.5, 0.6) is 0 Å². The minimum Gasteiger partial charge on any atom is -0.465 e. The lowest BCUT2D eigenvalue weighted by Gasteiger charge is -2.21. The van der Waals surface area contributed by atoms with Crippen LogP contribution in [0.15, 0.2) is 12.1 Å². The predicted molar refractivity (Wildman–Crippen MR) is 69.8 cm³/mol. The van der Waals surface area contributed by atoms with Gasteiger partial charge < -0.3 is 14.8 Å². The van der Waals surface area contributed by atoms with E-state index < -0.39 is 23.2 Å². The summed E-state index contributed by atoms with van der Waals surface area (Å²) < 4.78 is 37.4. The maximum absolute atomic E-state index is 14.0. The lowest BCUT2D eigenvalue weighted by molar-refractivity contribution is 0.0594. The largest absolute Gasteiger partial charge is 0.465 e. The summed E-state index contributed by atoms with van der Waals surface area (Å²) in [5.41, 5.74) is -0.380. The van der Waals surface area contributed by atoms with E-state index in [0.717, 1.165) is 26.4 Å². The molecule has 0 aromatic heterocycles. The molecule has 0 amide bonds. The third kappa shape index (κ3) is 2.75. The molecule has 0 bridgehead atoms. The third-order valence-corrected chi connectivity index (χ3v) is 3.58. The van der Waals surface area contributed by atoms with Gasteiger partial charge >= 0.3 is 5.97 Å². The lowest BCUT2D eigenvalue weighted by Crippen LogP contribution is -2.30. The maximum Gasteiger partial charge on any atom is 0.340 e. The molecule has 2 rings (SSSR count). The quantitative estimate of drug-likeness (QED) is 0.864. The van der Waals surface area contributed by atoms with Crippen LogP contribution in [-0.4, -0.2) is 32.3 Å². The summed E-state index contributed by atoms with van der Waals surface area (Å²) in [6.07, 6.45) is 2.68. The Kier molecular flexibility index (Phi) is 4.54. The number of carbonyl (C=O) groups is 1. The van der Waals surface area contributed by atoms with Gasteiger partial charge in [-0.25, -0.2) is 13.6 Å². The van der Waals surface area contributed by atoms with Crippen molar-refractivity contribution in [3.63, 3.8) is 0 Å². The van der Waals surface area contributed by atoms with E-state index in [1.807, 2.05) is 0 Å². The van der Waals surface area contributed by atoms with Gasteiger partial charge in [0.15, 0.2) is 11.6 Å². The first-order valence-corrected chi connectivity index (χ1v) is 6.44. The highest BCUT2D eigenvalue weighted by atomic mass is 19.2. The molecule has 1 aromatic carbocycles. The topological polar surface area (TPSA) is 47.6 Å². The Labute approximate surface area is 116 Å². The fourth-order valence-corrected chi connectivity index (χ4v) is 2.50. The molecule has 1 N–H and O–H groups in total. The van der Waals surface area contributed by atoms with Gasteiger partial charge in [-0.3, -0.25) is 0 Å². The van der Waals surface area contributed by atoms with Crippen LogP contribution >= 0.6 is 0 Å². The summed E-state index contributed by atoms with van der Waals surface area (Å²) in [4.78, 5) is 11.3. The Balaban J connectivity index is 2.21. The zero-order valence-corrected chi connectivity index (χ0v) is 11.4. The van der Waals surface area contributed by atoms with Gasteiger partial charge in [-0.15, -0.1) is 0 Å². The Morgan fingerprint density at radius 3 is 2.65 bits per heavy atom. The highest BCUT2D eigenvalue weighted by Crippen LogP contribution is 2.28. The minimum absolute atomic E-state index is 0.0160. The number of hydrogen-bond acceptors (Lipinski definition) is 4. The summed E-state index contributed by atoms with van der Waals surface area (Å²) >= 11 is 0. The van der Waals surface area contributed by atoms with Crippen LogP contribution < -0.4 is 5.32 Å². The van der Waals surface area contributed by atoms with Crippen LogP contribution in [0, 0.1) is 11.6 Å². The molecule has 20 heavy (non-hydrogen) atoms. The molecule has 1 fully saturated rings. The van der Waals surface area contributed by atoms with Gasteiger partial charge in [0.2, 0.25) is 0 Å². The normalized spacial score (nSPS) is 21.8. The van der Waals surface area contributed by atoms with E-state index in [0.29, 0.717) is 0 Å². The van der Waals surface area contributed by atoms with E-state index in [1.165, 1.54) is 12.1 Å². The number of rotatable bonds is 4. The molecule has 1 saturated carbocycles. The van der Waals surface area contributed by atoms with E-state index in [4.69, 9.17) is 4.74 Å². The molecule has 0 radical (unpaired) electrons. The molecule has 2 atom stereocenters. The van der Waals surface area contributed by atoms with Crippen molar-refractivity contribution >= 4 is 11.7 Å². The van der Waals surface area contributed by atoms with Gasteiger partial charge in [0.25, 0.3) is 0 Å². The molecule has 0 heterocycles. The van der Waals surface area contributed by atoms with E-state index in [-0.39, 0.29) is 17.8 Å². The van der Waals surface area contributed by atoms with Crippen LogP contribution in [0.3, 0.4) is 0 Å². The molecule has 6 heteroatoms. The van der Waals surface area contributed by atoms with Gasteiger partial charge in [-0.05, 0) is 31.4 Å². The van der Waals surface area contributed by atoms with Crippen molar-refractivity contribution in [1.82, 2.24) is 0 Å². The van der Waals surface area contributed by atoms with Crippen molar-refractivity contribution in [2.75, 3.05) is 19.5 Å². The summed E-state index contributed by atoms with van der Waals surface area (Å²) in [6, 6.07) is 2.50. The monoisotopic (exact) mass is 285 g/mol. The fraction of sp³-hybridized carbons (Fsp3) is 0.500. The first-order chi connectivity index (χ1) is 9.58. The van der Waals surface area contributed by atoms with Crippen LogP contribution in [0.4, 0.5) is 14.5 Å². The molecular formula is C14H17F2NO3. The van der Waals surface area contributed by atoms with Crippen molar-refractivity contribution in [3.8, 4) is 0 Å². The summed E-state index contributed by atoms with van der Waals surface area (Å²) in [6.45, 7) is 0. The fourth-order valence-electron chi connectivity index (χ4n) is 2.50. The summed E-state index contributed by atoms with van der Waals surface area (Å²) in [5.74, 6) is -3.17. The van der Waals surface area contributed by atoms with E-state index in [9.17, 15) is 13.6 Å². The number of nitrogens with one attached hydrogen (secondary N) is 1. The lowest BCUT2D eigenvalue weighted by atomic mass is 10.1. The van der Waals surface area contributed by atoms with Gasteiger partial charge in [-0.2, -0.15) is 0 Å². The molecule has 4 nitrogen and oxygen atoms in total. The van der Waals surface area contributed by atoms with Crippen LogP contribution in [0.25, 0.3) is 0 Å². The summed E-state index contributed by atoms with van der Waals surface area (Å²) in [7, 11) is 2.72. The van der Waals surface area contributed by atoms with E-state index in [2.05, 4.69) is 10.1 Å². The van der Waals surface area contributed by atoms with Crippen molar-refractivity contribution in [2.45, 2.75) is 31.4 Å². The Morgan fingerprint density at radius 2 is 2.00 bits per heavy atom. The van der Waals surface area contributed by atoms with E-state index >= 15 is 0 Å². The second kappa shape index (κ2) is 6.17. The van der Waals surface area contributed by atoms with Crippen molar-refractivity contribution in [1.29, 1.82) is 0 Å². The van der Waals surface area contributed by atoms with Gasteiger partial charge in [0.05, 0.1) is 30.5 Å². The number of halogens is 2. The molecule has 110 valence electrons. The Bertz CT molecular complexity index is 507. The molecular weight excluding hydrogens is 268 g/mol. The predicted octanol–water partition coefficient (Wildman–Crippen LogP) is 2.73. The zero-order chi connectivity index (χ0) is 14.7. The summed E-state index contributed by atoms with van der Waals surface area (Å²) in [5, 5.41) is 2.94. The van der Waals surface area contributed by atoms with Crippen LogP contribution in [0.1, 0.15) is 29.6 Å². The number of methoxy groups -OCH3 is 2. The van der Waals surface area contributed by atoms with Crippen molar-refractivity contribution in [3.05, 3.63) is 29.3 Å². The standard InChI is InChI=1S/C14H17F2NO3/c1-19-11-5-3-4-9(11)17-10-7-6-8(14(18)20-2)12(15)13(10)16/h6-7,9,11,17H,3-5H2,1-2H3. The number of ether oxygens (including phenoxy) is 2. The van der Waals surface area contributed by atoms with Gasteiger partial charge in [0, 0.05) is 7.11 Å². The zero-order valence-electron chi connectivity index (χ0n) is 11.4. The molecule has 2 unspecified atom stereocenters. The number of carbonyl (C=O) groups excluding carboxylic acids is 1. The second-order valence-electron chi connectivity index (χ2n) is 4.74. The average Bonchev–Trinajstić information content (AvgIpc) is 2.90. The number of esters is 1. The molecule has 1 aromatic rings. The number of benzene rings is 1. The first kappa shape index (κ1) is 14.7. The highest BCUT2D eigenvalue weighted by Gasteiger charge is 2.28. The van der Waals surface area contributed by atoms with Crippen molar-refractivity contribution in [2.24, 2.45) is 0 Å². The molecule has 0 spiro atoms. The average molecular weight is 285 g/mol. The van der Waals surface area contributed by atoms with E-state index in [1.54, 1.807) is 7.11 Å². The minimum atomic E-state index is -1.20. The molecule has 1 aliphatic rings. The smallest absolute Gasteiger partial charge is 0.340 e. The first-order valence-electron chi connectivity index (χ1n) is 6.44. The molecule has 1 aliphatic carbocycles. The Morgan fingerprint density at radius 1 is 1.25 bits per heavy atom. The third-order valence-electron chi connectivity index (χ3n) is 3.58.